The van der Waals surface area contributed by atoms with Crippen LogP contribution in [0.5, 0.6) is 0 Å². The van der Waals surface area contributed by atoms with Gasteiger partial charge in [0.2, 0.25) is 0 Å². The highest BCUT2D eigenvalue weighted by Gasteiger charge is 2.39. The Labute approximate surface area is 154 Å². The zero-order valence-electron chi connectivity index (χ0n) is 13.4. The van der Waals surface area contributed by atoms with E-state index in [0.717, 1.165) is 55.9 Å². The number of hydrogen-bond donors (Lipinski definition) is 2. The summed E-state index contributed by atoms with van der Waals surface area (Å²) in [5.41, 5.74) is 6.08. The zero-order chi connectivity index (χ0) is 14.9. The van der Waals surface area contributed by atoms with Gasteiger partial charge in [-0.05, 0) is 32.1 Å². The van der Waals surface area contributed by atoms with Crippen molar-refractivity contribution in [2.75, 3.05) is 20.2 Å². The van der Waals surface area contributed by atoms with Crippen LogP contribution < -0.4 is 5.73 Å². The zero-order valence-corrected chi connectivity index (χ0v) is 15.9. The molecule has 2 aliphatic rings. The molecule has 3 N–H and O–H groups in total. The van der Waals surface area contributed by atoms with Gasteiger partial charge in [-0.1, -0.05) is 0 Å². The van der Waals surface area contributed by atoms with Crippen LogP contribution >= 0.6 is 36.2 Å². The highest BCUT2D eigenvalue weighted by atomic mass is 35.5. The number of aromatic nitrogens is 1. The predicted molar refractivity (Wildman–Crippen MR) is 97.6 cm³/mol. The van der Waals surface area contributed by atoms with Crippen molar-refractivity contribution in [3.05, 3.63) is 16.1 Å². The van der Waals surface area contributed by atoms with Gasteiger partial charge < -0.3 is 15.6 Å². The van der Waals surface area contributed by atoms with Gasteiger partial charge in [0.15, 0.2) is 0 Å². The summed E-state index contributed by atoms with van der Waals surface area (Å²) in [4.78, 5) is 7.04. The van der Waals surface area contributed by atoms with Crippen LogP contribution in [0.25, 0.3) is 0 Å². The number of methoxy groups -OCH3 is 1. The molecule has 1 saturated carbocycles. The Balaban J connectivity index is 0.00000132. The van der Waals surface area contributed by atoms with Crippen molar-refractivity contribution in [3.8, 4) is 0 Å². The first-order valence-corrected chi connectivity index (χ1v) is 8.64. The Morgan fingerprint density at radius 1 is 1.39 bits per heavy atom. The Kier molecular flexibility index (Phi) is 8.20. The first-order chi connectivity index (χ1) is 10.1. The number of hydrogen-bond acceptors (Lipinski definition) is 6. The van der Waals surface area contributed by atoms with Crippen LogP contribution in [0.3, 0.4) is 0 Å². The number of thiazole rings is 1. The standard InChI is InChI=1S/C15H25N3O2S.2ClH/c1-20-9-14-17-13(10-21-14)15(19)5-2-12(3-6-15)18-7-4-11(16)8-18;;/h10-12,19H,2-9,16H2,1H3;2*1H/t11-,12?,15?;;/m1../s1. The van der Waals surface area contributed by atoms with Crippen molar-refractivity contribution >= 4 is 36.2 Å². The van der Waals surface area contributed by atoms with E-state index in [1.165, 1.54) is 0 Å². The first-order valence-electron chi connectivity index (χ1n) is 7.76. The second-order valence-corrected chi connectivity index (χ2v) is 7.31. The molecule has 5 nitrogen and oxygen atoms in total. The third-order valence-corrected chi connectivity index (χ3v) is 5.67. The van der Waals surface area contributed by atoms with Gasteiger partial charge in [0, 0.05) is 37.7 Å². The van der Waals surface area contributed by atoms with Crippen LogP contribution in [0.15, 0.2) is 5.38 Å². The number of ether oxygens (including phenoxy) is 1. The molecule has 2 fully saturated rings. The fourth-order valence-corrected chi connectivity index (χ4v) is 4.42. The van der Waals surface area contributed by atoms with E-state index in [2.05, 4.69) is 9.88 Å². The number of nitrogens with zero attached hydrogens (tertiary/aromatic N) is 2. The highest BCUT2D eigenvalue weighted by molar-refractivity contribution is 7.09. The van der Waals surface area contributed by atoms with Gasteiger partial charge in [-0.25, -0.2) is 4.98 Å². The van der Waals surface area contributed by atoms with Crippen LogP contribution in [0, 0.1) is 0 Å². The second-order valence-electron chi connectivity index (χ2n) is 6.37. The average molecular weight is 384 g/mol. The minimum Gasteiger partial charge on any atom is -0.384 e. The Morgan fingerprint density at radius 3 is 2.65 bits per heavy atom. The lowest BCUT2D eigenvalue weighted by Gasteiger charge is -2.38. The molecule has 0 aromatic carbocycles. The molecule has 1 atom stereocenters. The molecular weight excluding hydrogens is 357 g/mol. The minimum absolute atomic E-state index is 0. The normalized spacial score (nSPS) is 31.4. The van der Waals surface area contributed by atoms with E-state index >= 15 is 0 Å². The summed E-state index contributed by atoms with van der Waals surface area (Å²) >= 11 is 1.57. The Morgan fingerprint density at radius 2 is 2.09 bits per heavy atom. The van der Waals surface area contributed by atoms with Crippen molar-refractivity contribution in [1.82, 2.24) is 9.88 Å². The number of aliphatic hydroxyl groups is 1. The topological polar surface area (TPSA) is 71.6 Å². The van der Waals surface area contributed by atoms with Gasteiger partial charge >= 0.3 is 0 Å². The van der Waals surface area contributed by atoms with Crippen molar-refractivity contribution in [3.63, 3.8) is 0 Å². The summed E-state index contributed by atoms with van der Waals surface area (Å²) in [5, 5.41) is 13.8. The van der Waals surface area contributed by atoms with Gasteiger partial charge in [0.05, 0.1) is 12.3 Å². The molecule has 0 radical (unpaired) electrons. The van der Waals surface area contributed by atoms with Gasteiger partial charge in [0.1, 0.15) is 10.6 Å². The van der Waals surface area contributed by atoms with Gasteiger partial charge in [-0.2, -0.15) is 0 Å². The molecule has 1 aliphatic heterocycles. The molecule has 0 bridgehead atoms. The Bertz CT molecular complexity index is 481. The van der Waals surface area contributed by atoms with Crippen molar-refractivity contribution < 1.29 is 9.84 Å². The van der Waals surface area contributed by atoms with Crippen molar-refractivity contribution in [2.24, 2.45) is 5.73 Å². The molecule has 1 aromatic rings. The molecule has 3 rings (SSSR count). The van der Waals surface area contributed by atoms with Gasteiger partial charge in [-0.3, -0.25) is 4.90 Å². The fraction of sp³-hybridized carbons (Fsp3) is 0.800. The summed E-state index contributed by atoms with van der Waals surface area (Å²) in [6.45, 7) is 2.64. The fourth-order valence-electron chi connectivity index (χ4n) is 3.56. The molecule has 2 heterocycles. The highest BCUT2D eigenvalue weighted by Crippen LogP contribution is 2.39. The van der Waals surface area contributed by atoms with Crippen LogP contribution in [0.2, 0.25) is 0 Å². The third-order valence-electron chi connectivity index (χ3n) is 4.85. The summed E-state index contributed by atoms with van der Waals surface area (Å²) in [6, 6.07) is 0.914. The monoisotopic (exact) mass is 383 g/mol. The van der Waals surface area contributed by atoms with E-state index in [0.29, 0.717) is 18.7 Å². The molecule has 0 spiro atoms. The second kappa shape index (κ2) is 8.94. The summed E-state index contributed by atoms with van der Waals surface area (Å²) in [7, 11) is 1.67. The van der Waals surface area contributed by atoms with Gasteiger partial charge in [0.25, 0.3) is 0 Å². The molecule has 0 amide bonds. The maximum absolute atomic E-state index is 10.9. The van der Waals surface area contributed by atoms with E-state index in [-0.39, 0.29) is 24.8 Å². The molecule has 8 heteroatoms. The smallest absolute Gasteiger partial charge is 0.119 e. The predicted octanol–water partition coefficient (Wildman–Crippen LogP) is 2.30. The maximum Gasteiger partial charge on any atom is 0.119 e. The average Bonchev–Trinajstić information content (AvgIpc) is 3.10. The van der Waals surface area contributed by atoms with Crippen LogP contribution in [0.4, 0.5) is 0 Å². The molecule has 23 heavy (non-hydrogen) atoms. The molecule has 1 saturated heterocycles. The largest absolute Gasteiger partial charge is 0.384 e. The van der Waals surface area contributed by atoms with Crippen LogP contribution in [-0.2, 0) is 16.9 Å². The maximum atomic E-state index is 10.9. The van der Waals surface area contributed by atoms with E-state index < -0.39 is 5.60 Å². The number of halogens is 2. The molecule has 1 aliphatic carbocycles. The van der Waals surface area contributed by atoms with Gasteiger partial charge in [-0.15, -0.1) is 36.2 Å². The quantitative estimate of drug-likeness (QED) is 0.834. The van der Waals surface area contributed by atoms with E-state index in [1.54, 1.807) is 18.4 Å². The summed E-state index contributed by atoms with van der Waals surface area (Å²) in [6.07, 6.45) is 4.74. The minimum atomic E-state index is -0.749. The molecule has 0 unspecified atom stereocenters. The summed E-state index contributed by atoms with van der Waals surface area (Å²) < 4.78 is 5.10. The lowest BCUT2D eigenvalue weighted by atomic mass is 9.80. The van der Waals surface area contributed by atoms with E-state index in [1.807, 2.05) is 5.38 Å². The lowest BCUT2D eigenvalue weighted by Crippen LogP contribution is -2.42. The number of nitrogens with two attached hydrogens (primary N) is 1. The molecule has 134 valence electrons. The Hall–Kier alpha value is 0.0500. The first kappa shape index (κ1) is 21.1. The number of rotatable bonds is 4. The SMILES string of the molecule is COCc1nc(C2(O)CCC(N3CC[C@@H](N)C3)CC2)cs1.Cl.Cl. The number of likely N-dealkylation sites (tertiary alicyclic amines) is 1. The third kappa shape index (κ3) is 4.78. The lowest BCUT2D eigenvalue weighted by molar-refractivity contribution is -0.0254. The van der Waals surface area contributed by atoms with Crippen molar-refractivity contribution in [2.45, 2.75) is 56.4 Å². The molecular formula is C15H27Cl2N3O2S. The van der Waals surface area contributed by atoms with E-state index in [9.17, 15) is 5.11 Å². The summed E-state index contributed by atoms with van der Waals surface area (Å²) in [5.74, 6) is 0. The van der Waals surface area contributed by atoms with Crippen LogP contribution in [-0.4, -0.2) is 47.3 Å². The van der Waals surface area contributed by atoms with Crippen molar-refractivity contribution in [1.29, 1.82) is 0 Å². The molecule has 1 aromatic heterocycles. The van der Waals surface area contributed by atoms with Crippen LogP contribution in [0.1, 0.15) is 42.8 Å². The van der Waals surface area contributed by atoms with E-state index in [4.69, 9.17) is 10.5 Å².